The summed E-state index contributed by atoms with van der Waals surface area (Å²) >= 11 is 0. The van der Waals surface area contributed by atoms with Crippen LogP contribution in [0.5, 0.6) is 0 Å². The van der Waals surface area contributed by atoms with E-state index in [2.05, 4.69) is 4.90 Å². The van der Waals surface area contributed by atoms with E-state index in [4.69, 9.17) is 0 Å². The first kappa shape index (κ1) is 15.6. The summed E-state index contributed by atoms with van der Waals surface area (Å²) in [5.41, 5.74) is 1.19. The van der Waals surface area contributed by atoms with Gasteiger partial charge in [-0.3, -0.25) is 4.90 Å². The molecule has 1 aliphatic heterocycles. The zero-order valence-electron chi connectivity index (χ0n) is 11.6. The van der Waals surface area contributed by atoms with Crippen LogP contribution in [0.2, 0.25) is 0 Å². The van der Waals surface area contributed by atoms with Gasteiger partial charge in [-0.05, 0) is 5.56 Å². The lowest BCUT2D eigenvalue weighted by Crippen LogP contribution is -2.52. The van der Waals surface area contributed by atoms with Crippen molar-refractivity contribution >= 4 is 6.03 Å². The first-order valence-electron chi connectivity index (χ1n) is 6.80. The monoisotopic (exact) mass is 301 g/mol. The van der Waals surface area contributed by atoms with Gasteiger partial charge in [-0.15, -0.1) is 0 Å². The van der Waals surface area contributed by atoms with Crippen molar-refractivity contribution in [2.75, 3.05) is 32.7 Å². The number of carbonyl (C=O) groups is 1. The van der Waals surface area contributed by atoms with Crippen LogP contribution in [0, 0.1) is 0 Å². The number of halogens is 3. The van der Waals surface area contributed by atoms with Gasteiger partial charge in [-0.1, -0.05) is 30.3 Å². The Labute approximate surface area is 121 Å². The van der Waals surface area contributed by atoms with Gasteiger partial charge in [0.05, 0.1) is 0 Å². The van der Waals surface area contributed by atoms with Gasteiger partial charge in [0, 0.05) is 32.7 Å². The Kier molecular flexibility index (Phi) is 5.06. The van der Waals surface area contributed by atoms with E-state index in [0.29, 0.717) is 26.2 Å². The SMILES string of the molecule is O=C(NCC(F)(F)F)N1CCN(Cc2ccccc2)CC1. The van der Waals surface area contributed by atoms with E-state index in [1.54, 1.807) is 0 Å². The Morgan fingerprint density at radius 1 is 1.10 bits per heavy atom. The van der Waals surface area contributed by atoms with Gasteiger partial charge in [0.1, 0.15) is 6.54 Å². The van der Waals surface area contributed by atoms with Crippen LogP contribution in [-0.2, 0) is 6.54 Å². The topological polar surface area (TPSA) is 35.6 Å². The van der Waals surface area contributed by atoms with Gasteiger partial charge in [-0.25, -0.2) is 4.79 Å². The standard InChI is InChI=1S/C14H18F3N3O/c15-14(16,17)11-18-13(21)20-8-6-19(7-9-20)10-12-4-2-1-3-5-12/h1-5H,6-11H2,(H,18,21). The summed E-state index contributed by atoms with van der Waals surface area (Å²) in [5.74, 6) is 0. The molecule has 21 heavy (non-hydrogen) atoms. The van der Waals surface area contributed by atoms with E-state index in [1.165, 1.54) is 10.5 Å². The maximum absolute atomic E-state index is 12.0. The van der Waals surface area contributed by atoms with Crippen molar-refractivity contribution in [3.05, 3.63) is 35.9 Å². The summed E-state index contributed by atoms with van der Waals surface area (Å²) in [7, 11) is 0. The average molecular weight is 301 g/mol. The van der Waals surface area contributed by atoms with Crippen LogP contribution < -0.4 is 5.32 Å². The summed E-state index contributed by atoms with van der Waals surface area (Å²) in [5, 5.41) is 1.90. The molecule has 1 fully saturated rings. The van der Waals surface area contributed by atoms with Crippen LogP contribution in [0.3, 0.4) is 0 Å². The second-order valence-corrected chi connectivity index (χ2v) is 5.02. The fourth-order valence-electron chi connectivity index (χ4n) is 2.24. The number of benzene rings is 1. The molecule has 116 valence electrons. The number of nitrogens with one attached hydrogen (secondary N) is 1. The first-order chi connectivity index (χ1) is 9.94. The number of alkyl halides is 3. The molecule has 1 heterocycles. The lowest BCUT2D eigenvalue weighted by Gasteiger charge is -2.34. The predicted octanol–water partition coefficient (Wildman–Crippen LogP) is 2.08. The number of hydrogen-bond acceptors (Lipinski definition) is 2. The highest BCUT2D eigenvalue weighted by atomic mass is 19.4. The molecule has 0 saturated carbocycles. The number of urea groups is 1. The second kappa shape index (κ2) is 6.80. The van der Waals surface area contributed by atoms with Crippen molar-refractivity contribution in [1.29, 1.82) is 0 Å². The maximum Gasteiger partial charge on any atom is 0.405 e. The molecule has 7 heteroatoms. The van der Waals surface area contributed by atoms with E-state index in [0.717, 1.165) is 6.54 Å². The van der Waals surface area contributed by atoms with Gasteiger partial charge in [0.2, 0.25) is 0 Å². The molecule has 1 saturated heterocycles. The van der Waals surface area contributed by atoms with Crippen molar-refractivity contribution in [2.24, 2.45) is 0 Å². The minimum Gasteiger partial charge on any atom is -0.329 e. The molecule has 2 rings (SSSR count). The smallest absolute Gasteiger partial charge is 0.329 e. The zero-order chi connectivity index (χ0) is 15.3. The summed E-state index contributed by atoms with van der Waals surface area (Å²) in [6, 6.07) is 9.30. The highest BCUT2D eigenvalue weighted by molar-refractivity contribution is 5.74. The number of carbonyl (C=O) groups excluding carboxylic acids is 1. The molecule has 0 aromatic heterocycles. The number of nitrogens with zero attached hydrogens (tertiary/aromatic N) is 2. The molecule has 0 unspecified atom stereocenters. The van der Waals surface area contributed by atoms with Gasteiger partial charge in [-0.2, -0.15) is 13.2 Å². The van der Waals surface area contributed by atoms with E-state index >= 15 is 0 Å². The lowest BCUT2D eigenvalue weighted by molar-refractivity contribution is -0.123. The van der Waals surface area contributed by atoms with Crippen LogP contribution in [0.15, 0.2) is 30.3 Å². The zero-order valence-corrected chi connectivity index (χ0v) is 11.6. The largest absolute Gasteiger partial charge is 0.405 e. The quantitative estimate of drug-likeness (QED) is 0.928. The van der Waals surface area contributed by atoms with E-state index in [-0.39, 0.29) is 0 Å². The van der Waals surface area contributed by atoms with Crippen LogP contribution >= 0.6 is 0 Å². The lowest BCUT2D eigenvalue weighted by atomic mass is 10.2. The molecule has 2 amide bonds. The third kappa shape index (κ3) is 5.26. The molecule has 0 aliphatic carbocycles. The summed E-state index contributed by atoms with van der Waals surface area (Å²) in [4.78, 5) is 15.2. The molecule has 1 aromatic carbocycles. The summed E-state index contributed by atoms with van der Waals surface area (Å²) < 4.78 is 36.1. The highest BCUT2D eigenvalue weighted by Gasteiger charge is 2.29. The fraction of sp³-hybridized carbons (Fsp3) is 0.500. The van der Waals surface area contributed by atoms with Crippen LogP contribution in [0.4, 0.5) is 18.0 Å². The maximum atomic E-state index is 12.0. The first-order valence-corrected chi connectivity index (χ1v) is 6.80. The minimum absolute atomic E-state index is 0.441. The third-order valence-corrected chi connectivity index (χ3v) is 3.35. The van der Waals surface area contributed by atoms with E-state index < -0.39 is 18.8 Å². The summed E-state index contributed by atoms with van der Waals surface area (Å²) in [6.45, 7) is 1.71. The Hall–Kier alpha value is -1.76. The summed E-state index contributed by atoms with van der Waals surface area (Å²) in [6.07, 6.45) is -4.37. The molecule has 0 atom stereocenters. The molecule has 1 aromatic rings. The van der Waals surface area contributed by atoms with Gasteiger partial charge in [0.25, 0.3) is 0 Å². The Bertz CT molecular complexity index is 456. The molecule has 4 nitrogen and oxygen atoms in total. The Morgan fingerprint density at radius 3 is 2.29 bits per heavy atom. The molecular formula is C14H18F3N3O. The Morgan fingerprint density at radius 2 is 1.71 bits per heavy atom. The highest BCUT2D eigenvalue weighted by Crippen LogP contribution is 2.13. The molecule has 1 N–H and O–H groups in total. The molecule has 0 radical (unpaired) electrons. The molecular weight excluding hydrogens is 283 g/mol. The van der Waals surface area contributed by atoms with Crippen LogP contribution in [-0.4, -0.2) is 54.7 Å². The second-order valence-electron chi connectivity index (χ2n) is 5.02. The van der Waals surface area contributed by atoms with Crippen LogP contribution in [0.25, 0.3) is 0 Å². The van der Waals surface area contributed by atoms with E-state index in [1.807, 2.05) is 35.6 Å². The average Bonchev–Trinajstić information content (AvgIpc) is 2.46. The van der Waals surface area contributed by atoms with E-state index in [9.17, 15) is 18.0 Å². The fourth-order valence-corrected chi connectivity index (χ4v) is 2.24. The van der Waals surface area contributed by atoms with Gasteiger partial charge in [0.15, 0.2) is 0 Å². The number of piperazine rings is 1. The van der Waals surface area contributed by atoms with Crippen molar-refractivity contribution in [1.82, 2.24) is 15.1 Å². The molecule has 0 bridgehead atoms. The van der Waals surface area contributed by atoms with Gasteiger partial charge < -0.3 is 10.2 Å². The van der Waals surface area contributed by atoms with Gasteiger partial charge >= 0.3 is 12.2 Å². The number of hydrogen-bond donors (Lipinski definition) is 1. The van der Waals surface area contributed by atoms with Crippen molar-refractivity contribution in [3.8, 4) is 0 Å². The number of rotatable bonds is 3. The normalized spacial score (nSPS) is 16.8. The van der Waals surface area contributed by atoms with Crippen molar-refractivity contribution < 1.29 is 18.0 Å². The molecule has 1 aliphatic rings. The van der Waals surface area contributed by atoms with Crippen molar-refractivity contribution in [3.63, 3.8) is 0 Å². The third-order valence-electron chi connectivity index (χ3n) is 3.35. The minimum atomic E-state index is -4.37. The number of amides is 2. The predicted molar refractivity (Wildman–Crippen MR) is 72.7 cm³/mol. The Balaban J connectivity index is 1.74. The van der Waals surface area contributed by atoms with Crippen LogP contribution in [0.1, 0.15) is 5.56 Å². The van der Waals surface area contributed by atoms with Crippen molar-refractivity contribution in [2.45, 2.75) is 12.7 Å². The molecule has 0 spiro atoms.